The first-order chi connectivity index (χ1) is 9.74. The van der Waals surface area contributed by atoms with Crippen molar-refractivity contribution >= 4 is 23.2 Å². The highest BCUT2D eigenvalue weighted by atomic mass is 32.1. The number of hydrogen-bond acceptors (Lipinski definition) is 3. The van der Waals surface area contributed by atoms with Crippen molar-refractivity contribution in [2.75, 3.05) is 13.1 Å². The fourth-order valence-electron chi connectivity index (χ4n) is 3.17. The van der Waals surface area contributed by atoms with Crippen LogP contribution in [0.5, 0.6) is 0 Å². The first-order valence-corrected chi connectivity index (χ1v) is 8.25. The van der Waals surface area contributed by atoms with Crippen molar-refractivity contribution in [2.24, 2.45) is 5.92 Å². The number of carbonyl (C=O) groups is 2. The number of hydrogen-bond donors (Lipinski definition) is 1. The van der Waals surface area contributed by atoms with Gasteiger partial charge < -0.3 is 10.2 Å². The van der Waals surface area contributed by atoms with Crippen molar-refractivity contribution in [2.45, 2.75) is 38.1 Å². The Labute approximate surface area is 123 Å². The van der Waals surface area contributed by atoms with Gasteiger partial charge in [-0.1, -0.05) is 18.9 Å². The van der Waals surface area contributed by atoms with E-state index in [9.17, 15) is 9.59 Å². The third kappa shape index (κ3) is 2.87. The summed E-state index contributed by atoms with van der Waals surface area (Å²) in [6.07, 6.45) is 5.32. The summed E-state index contributed by atoms with van der Waals surface area (Å²) in [5.41, 5.74) is 0. The predicted molar refractivity (Wildman–Crippen MR) is 78.7 cm³/mol. The van der Waals surface area contributed by atoms with Gasteiger partial charge in [0.05, 0.1) is 4.88 Å². The van der Waals surface area contributed by atoms with Crippen molar-refractivity contribution < 1.29 is 9.59 Å². The van der Waals surface area contributed by atoms with Crippen molar-refractivity contribution in [3.63, 3.8) is 0 Å². The average Bonchev–Trinajstić information content (AvgIpc) is 3.19. The SMILES string of the molecule is O=C(N[C@@H]1CCN(C(=O)C2CCCC2)C1)c1cccs1. The van der Waals surface area contributed by atoms with Gasteiger partial charge in [-0.2, -0.15) is 0 Å². The molecule has 5 heteroatoms. The van der Waals surface area contributed by atoms with E-state index in [1.54, 1.807) is 0 Å². The maximum Gasteiger partial charge on any atom is 0.261 e. The van der Waals surface area contributed by atoms with Gasteiger partial charge in [0.1, 0.15) is 0 Å². The summed E-state index contributed by atoms with van der Waals surface area (Å²) in [5, 5.41) is 4.94. The van der Waals surface area contributed by atoms with Crippen LogP contribution < -0.4 is 5.32 Å². The number of nitrogens with zero attached hydrogens (tertiary/aromatic N) is 1. The van der Waals surface area contributed by atoms with Crippen molar-refractivity contribution in [3.8, 4) is 0 Å². The lowest BCUT2D eigenvalue weighted by molar-refractivity contribution is -0.134. The molecule has 0 radical (unpaired) electrons. The van der Waals surface area contributed by atoms with Crippen LogP contribution in [0.2, 0.25) is 0 Å². The van der Waals surface area contributed by atoms with Crippen LogP contribution in [0.3, 0.4) is 0 Å². The van der Waals surface area contributed by atoms with Crippen molar-refractivity contribution in [3.05, 3.63) is 22.4 Å². The van der Waals surface area contributed by atoms with Gasteiger partial charge in [-0.15, -0.1) is 11.3 Å². The zero-order valence-electron chi connectivity index (χ0n) is 11.5. The van der Waals surface area contributed by atoms with Gasteiger partial charge in [-0.3, -0.25) is 9.59 Å². The predicted octanol–water partition coefficient (Wildman–Crippen LogP) is 2.27. The largest absolute Gasteiger partial charge is 0.347 e. The van der Waals surface area contributed by atoms with Gasteiger partial charge in [0.25, 0.3) is 5.91 Å². The van der Waals surface area contributed by atoms with Crippen molar-refractivity contribution in [1.29, 1.82) is 0 Å². The summed E-state index contributed by atoms with van der Waals surface area (Å²) in [6, 6.07) is 3.82. The zero-order valence-corrected chi connectivity index (χ0v) is 12.3. The van der Waals surface area contributed by atoms with E-state index in [4.69, 9.17) is 0 Å². The van der Waals surface area contributed by atoms with Crippen LogP contribution >= 0.6 is 11.3 Å². The molecule has 108 valence electrons. The van der Waals surface area contributed by atoms with E-state index in [0.717, 1.165) is 30.7 Å². The minimum absolute atomic E-state index is 0.0137. The number of likely N-dealkylation sites (tertiary alicyclic amines) is 1. The number of thiophene rings is 1. The Morgan fingerprint density at radius 3 is 2.75 bits per heavy atom. The lowest BCUT2D eigenvalue weighted by Gasteiger charge is -2.20. The van der Waals surface area contributed by atoms with Crippen LogP contribution in [0, 0.1) is 5.92 Å². The van der Waals surface area contributed by atoms with Crippen molar-refractivity contribution in [1.82, 2.24) is 10.2 Å². The average molecular weight is 292 g/mol. The van der Waals surface area contributed by atoms with Gasteiger partial charge in [-0.25, -0.2) is 0 Å². The van der Waals surface area contributed by atoms with Gasteiger partial charge in [0.2, 0.25) is 5.91 Å². The molecule has 1 aromatic rings. The molecule has 3 rings (SSSR count). The maximum absolute atomic E-state index is 12.3. The van der Waals surface area contributed by atoms with E-state index in [1.807, 2.05) is 22.4 Å². The molecule has 1 N–H and O–H groups in total. The lowest BCUT2D eigenvalue weighted by atomic mass is 10.1. The van der Waals surface area contributed by atoms with Crippen LogP contribution in [-0.2, 0) is 4.79 Å². The Kier molecular flexibility index (Phi) is 4.05. The topological polar surface area (TPSA) is 49.4 Å². The third-order valence-electron chi connectivity index (χ3n) is 4.28. The van der Waals surface area contributed by atoms with E-state index < -0.39 is 0 Å². The molecule has 0 aromatic carbocycles. The molecule has 4 nitrogen and oxygen atoms in total. The Morgan fingerprint density at radius 1 is 1.25 bits per heavy atom. The third-order valence-corrected chi connectivity index (χ3v) is 5.15. The molecule has 0 bridgehead atoms. The second kappa shape index (κ2) is 5.95. The van der Waals surface area contributed by atoms with Crippen LogP contribution in [-0.4, -0.2) is 35.8 Å². The van der Waals surface area contributed by atoms with E-state index in [-0.39, 0.29) is 17.9 Å². The monoisotopic (exact) mass is 292 g/mol. The van der Waals surface area contributed by atoms with Crippen LogP contribution in [0.1, 0.15) is 41.8 Å². The quantitative estimate of drug-likeness (QED) is 0.929. The van der Waals surface area contributed by atoms with Gasteiger partial charge in [0.15, 0.2) is 0 Å². The standard InChI is InChI=1S/C15H20N2O2S/c18-14(13-6-3-9-20-13)16-12-7-8-17(10-12)15(19)11-4-1-2-5-11/h3,6,9,11-12H,1-2,4-5,7-8,10H2,(H,16,18)/t12-/m1/s1. The molecular formula is C15H20N2O2S. The fraction of sp³-hybridized carbons (Fsp3) is 0.600. The Morgan fingerprint density at radius 2 is 2.05 bits per heavy atom. The number of nitrogens with one attached hydrogen (secondary N) is 1. The van der Waals surface area contributed by atoms with Gasteiger partial charge in [0, 0.05) is 25.0 Å². The lowest BCUT2D eigenvalue weighted by Crippen LogP contribution is -2.39. The molecule has 1 saturated heterocycles. The fourth-order valence-corrected chi connectivity index (χ4v) is 3.80. The molecule has 1 aromatic heterocycles. The molecular weight excluding hydrogens is 272 g/mol. The van der Waals surface area contributed by atoms with E-state index >= 15 is 0 Å². The summed E-state index contributed by atoms with van der Waals surface area (Å²) < 4.78 is 0. The molecule has 2 amide bonds. The highest BCUT2D eigenvalue weighted by Crippen LogP contribution is 2.27. The molecule has 1 aliphatic heterocycles. The first kappa shape index (κ1) is 13.6. The summed E-state index contributed by atoms with van der Waals surface area (Å²) >= 11 is 1.45. The first-order valence-electron chi connectivity index (χ1n) is 7.37. The van der Waals surface area contributed by atoms with Crippen LogP contribution in [0.4, 0.5) is 0 Å². The smallest absolute Gasteiger partial charge is 0.261 e. The molecule has 0 unspecified atom stereocenters. The molecule has 1 atom stereocenters. The molecule has 0 spiro atoms. The second-order valence-electron chi connectivity index (χ2n) is 5.70. The Balaban J connectivity index is 1.51. The van der Waals surface area contributed by atoms with Gasteiger partial charge >= 0.3 is 0 Å². The highest BCUT2D eigenvalue weighted by molar-refractivity contribution is 7.12. The summed E-state index contributed by atoms with van der Waals surface area (Å²) in [6.45, 7) is 1.46. The summed E-state index contributed by atoms with van der Waals surface area (Å²) in [4.78, 5) is 27.0. The minimum atomic E-state index is -0.0137. The molecule has 2 fully saturated rings. The van der Waals surface area contributed by atoms with E-state index in [1.165, 1.54) is 24.2 Å². The molecule has 2 heterocycles. The second-order valence-corrected chi connectivity index (χ2v) is 6.65. The Hall–Kier alpha value is -1.36. The number of carbonyl (C=O) groups excluding carboxylic acids is 2. The van der Waals surface area contributed by atoms with Crippen LogP contribution in [0.15, 0.2) is 17.5 Å². The highest BCUT2D eigenvalue weighted by Gasteiger charge is 2.32. The van der Waals surface area contributed by atoms with E-state index in [0.29, 0.717) is 12.5 Å². The van der Waals surface area contributed by atoms with Crippen LogP contribution in [0.25, 0.3) is 0 Å². The summed E-state index contributed by atoms with van der Waals surface area (Å²) in [7, 11) is 0. The normalized spacial score (nSPS) is 23.2. The molecule has 1 aliphatic carbocycles. The zero-order chi connectivity index (χ0) is 13.9. The minimum Gasteiger partial charge on any atom is -0.347 e. The number of rotatable bonds is 3. The molecule has 20 heavy (non-hydrogen) atoms. The molecule has 2 aliphatic rings. The summed E-state index contributed by atoms with van der Waals surface area (Å²) in [5.74, 6) is 0.525. The maximum atomic E-state index is 12.3. The molecule has 1 saturated carbocycles. The number of amides is 2. The van der Waals surface area contributed by atoms with E-state index in [2.05, 4.69) is 5.32 Å². The Bertz CT molecular complexity index is 480. The van der Waals surface area contributed by atoms with Gasteiger partial charge in [-0.05, 0) is 30.7 Å².